The molecule has 3 aromatic rings. The Morgan fingerprint density at radius 3 is 2.08 bits per heavy atom. The van der Waals surface area contributed by atoms with E-state index in [1.807, 2.05) is 82.3 Å². The fraction of sp³-hybridized carbons (Fsp3) is 0.355. The molecule has 1 atom stereocenters. The number of sulfonamides is 1. The average Bonchev–Trinajstić information content (AvgIpc) is 2.88. The van der Waals surface area contributed by atoms with Crippen LogP contribution in [0.3, 0.4) is 0 Å². The van der Waals surface area contributed by atoms with Gasteiger partial charge in [-0.3, -0.25) is 13.9 Å². The standard InChI is InChI=1S/C31H38ClN3O4S/c1-22(2)19-33-31(37)28(18-25-13-7-6-8-14-25)34(20-26-15-10-16-27(32)17-26)29(36)21-35(40(5,38)39)30-23(3)11-9-12-24(30)4/h6-17,22,28H,18-21H2,1-5H3,(H,33,37)/t28-/m0/s1. The lowest BCUT2D eigenvalue weighted by molar-refractivity contribution is -0.140. The molecule has 3 rings (SSSR count). The van der Waals surface area contributed by atoms with E-state index in [4.69, 9.17) is 11.6 Å². The number of rotatable bonds is 12. The van der Waals surface area contributed by atoms with Crippen LogP contribution in [0, 0.1) is 19.8 Å². The van der Waals surface area contributed by atoms with Crippen molar-refractivity contribution in [2.75, 3.05) is 23.7 Å². The zero-order valence-electron chi connectivity index (χ0n) is 23.7. The lowest BCUT2D eigenvalue weighted by atomic mass is 10.0. The predicted molar refractivity (Wildman–Crippen MR) is 162 cm³/mol. The summed E-state index contributed by atoms with van der Waals surface area (Å²) in [5.74, 6) is -0.581. The van der Waals surface area contributed by atoms with E-state index in [-0.39, 0.29) is 24.8 Å². The van der Waals surface area contributed by atoms with E-state index in [1.54, 1.807) is 18.2 Å². The van der Waals surface area contributed by atoms with Crippen LogP contribution in [0.15, 0.2) is 72.8 Å². The van der Waals surface area contributed by atoms with E-state index in [0.29, 0.717) is 17.3 Å². The smallest absolute Gasteiger partial charge is 0.244 e. The van der Waals surface area contributed by atoms with Crippen LogP contribution in [0.25, 0.3) is 0 Å². The Hall–Kier alpha value is -3.36. The first-order chi connectivity index (χ1) is 18.9. The molecule has 0 spiro atoms. The second-order valence-electron chi connectivity index (χ2n) is 10.5. The summed E-state index contributed by atoms with van der Waals surface area (Å²) >= 11 is 6.25. The first-order valence-electron chi connectivity index (χ1n) is 13.3. The van der Waals surface area contributed by atoms with Crippen molar-refractivity contribution in [3.05, 3.63) is 100 Å². The Bertz CT molecular complexity index is 1410. The van der Waals surface area contributed by atoms with Crippen molar-refractivity contribution in [2.45, 2.75) is 46.7 Å². The van der Waals surface area contributed by atoms with E-state index in [9.17, 15) is 18.0 Å². The van der Waals surface area contributed by atoms with Crippen molar-refractivity contribution < 1.29 is 18.0 Å². The number of hydrogen-bond donors (Lipinski definition) is 1. The van der Waals surface area contributed by atoms with Crippen LogP contribution in [-0.2, 0) is 32.6 Å². The summed E-state index contributed by atoms with van der Waals surface area (Å²) in [5.41, 5.74) is 3.54. The Balaban J connectivity index is 2.08. The van der Waals surface area contributed by atoms with E-state index < -0.39 is 28.5 Å². The molecule has 0 unspecified atom stereocenters. The molecule has 0 aliphatic rings. The number of aryl methyl sites for hydroxylation is 2. The van der Waals surface area contributed by atoms with Crippen molar-refractivity contribution in [1.29, 1.82) is 0 Å². The van der Waals surface area contributed by atoms with Gasteiger partial charge in [-0.2, -0.15) is 0 Å². The van der Waals surface area contributed by atoms with Crippen LogP contribution in [0.4, 0.5) is 5.69 Å². The molecule has 7 nitrogen and oxygen atoms in total. The summed E-state index contributed by atoms with van der Waals surface area (Å²) in [6.45, 7) is 7.69. The normalized spacial score (nSPS) is 12.2. The highest BCUT2D eigenvalue weighted by molar-refractivity contribution is 7.92. The van der Waals surface area contributed by atoms with Gasteiger partial charge in [0.15, 0.2) is 0 Å². The molecule has 0 bridgehead atoms. The van der Waals surface area contributed by atoms with Gasteiger partial charge in [0.05, 0.1) is 11.9 Å². The summed E-state index contributed by atoms with van der Waals surface area (Å²) in [7, 11) is -3.83. The molecule has 40 heavy (non-hydrogen) atoms. The molecular weight excluding hydrogens is 546 g/mol. The number of carbonyl (C=O) groups excluding carboxylic acids is 2. The largest absolute Gasteiger partial charge is 0.354 e. The third-order valence-corrected chi connectivity index (χ3v) is 7.91. The summed E-state index contributed by atoms with van der Waals surface area (Å²) in [5, 5.41) is 3.48. The maximum Gasteiger partial charge on any atom is 0.244 e. The van der Waals surface area contributed by atoms with Gasteiger partial charge >= 0.3 is 0 Å². The van der Waals surface area contributed by atoms with Crippen LogP contribution in [-0.4, -0.2) is 50.5 Å². The molecule has 0 heterocycles. The Kier molecular flexibility index (Phi) is 10.8. The van der Waals surface area contributed by atoms with Crippen LogP contribution >= 0.6 is 11.6 Å². The van der Waals surface area contributed by atoms with E-state index in [1.165, 1.54) is 4.90 Å². The molecule has 0 saturated carbocycles. The Morgan fingerprint density at radius 1 is 0.900 bits per heavy atom. The lowest BCUT2D eigenvalue weighted by Crippen LogP contribution is -2.53. The van der Waals surface area contributed by atoms with E-state index in [0.717, 1.165) is 32.8 Å². The van der Waals surface area contributed by atoms with Gasteiger partial charge < -0.3 is 10.2 Å². The second kappa shape index (κ2) is 13.8. The third-order valence-electron chi connectivity index (χ3n) is 6.57. The van der Waals surface area contributed by atoms with Crippen molar-refractivity contribution in [3.63, 3.8) is 0 Å². The number of halogens is 1. The van der Waals surface area contributed by atoms with Crippen LogP contribution in [0.1, 0.15) is 36.1 Å². The fourth-order valence-electron chi connectivity index (χ4n) is 4.58. The molecule has 2 amide bonds. The summed E-state index contributed by atoms with van der Waals surface area (Å²) in [6.07, 6.45) is 1.35. The highest BCUT2D eigenvalue weighted by atomic mass is 35.5. The Labute approximate surface area is 243 Å². The zero-order valence-corrected chi connectivity index (χ0v) is 25.3. The molecule has 9 heteroatoms. The number of nitrogens with one attached hydrogen (secondary N) is 1. The maximum absolute atomic E-state index is 14.2. The highest BCUT2D eigenvalue weighted by Crippen LogP contribution is 2.27. The second-order valence-corrected chi connectivity index (χ2v) is 12.8. The molecule has 1 N–H and O–H groups in total. The Morgan fingerprint density at radius 2 is 1.50 bits per heavy atom. The molecule has 0 radical (unpaired) electrons. The zero-order chi connectivity index (χ0) is 29.4. The number of amides is 2. The van der Waals surface area contributed by atoms with Gasteiger partial charge in [-0.25, -0.2) is 8.42 Å². The van der Waals surface area contributed by atoms with Crippen LogP contribution in [0.5, 0.6) is 0 Å². The van der Waals surface area contributed by atoms with Crippen molar-refractivity contribution >= 4 is 39.1 Å². The van der Waals surface area contributed by atoms with Gasteiger partial charge in [0, 0.05) is 24.5 Å². The minimum Gasteiger partial charge on any atom is -0.354 e. The number of anilines is 1. The van der Waals surface area contributed by atoms with Crippen LogP contribution < -0.4 is 9.62 Å². The van der Waals surface area contributed by atoms with Gasteiger partial charge in [-0.05, 0) is 54.2 Å². The maximum atomic E-state index is 14.2. The lowest BCUT2D eigenvalue weighted by Gasteiger charge is -2.34. The first kappa shape index (κ1) is 31.2. The van der Waals surface area contributed by atoms with E-state index >= 15 is 0 Å². The average molecular weight is 584 g/mol. The molecule has 0 aliphatic carbocycles. The first-order valence-corrected chi connectivity index (χ1v) is 15.5. The number of carbonyl (C=O) groups is 2. The summed E-state index contributed by atoms with van der Waals surface area (Å²) < 4.78 is 27.2. The van der Waals surface area contributed by atoms with Gasteiger partial charge in [0.25, 0.3) is 0 Å². The molecule has 0 aromatic heterocycles. The SMILES string of the molecule is Cc1cccc(C)c1N(CC(=O)N(Cc1cccc(Cl)c1)[C@@H](Cc1ccccc1)C(=O)NCC(C)C)S(C)(=O)=O. The molecule has 3 aromatic carbocycles. The van der Waals surface area contributed by atoms with Gasteiger partial charge in [-0.15, -0.1) is 0 Å². The minimum atomic E-state index is -3.83. The number of nitrogens with zero attached hydrogens (tertiary/aromatic N) is 2. The quantitative estimate of drug-likeness (QED) is 0.320. The number of para-hydroxylation sites is 1. The van der Waals surface area contributed by atoms with E-state index in [2.05, 4.69) is 5.32 Å². The van der Waals surface area contributed by atoms with Crippen LogP contribution in [0.2, 0.25) is 5.02 Å². The molecular formula is C31H38ClN3O4S. The topological polar surface area (TPSA) is 86.8 Å². The summed E-state index contributed by atoms with van der Waals surface area (Å²) in [4.78, 5) is 29.3. The highest BCUT2D eigenvalue weighted by Gasteiger charge is 2.33. The fourth-order valence-corrected chi connectivity index (χ4v) is 5.76. The van der Waals surface area contributed by atoms with Crippen molar-refractivity contribution in [2.24, 2.45) is 5.92 Å². The van der Waals surface area contributed by atoms with Gasteiger partial charge in [-0.1, -0.05) is 86.1 Å². The van der Waals surface area contributed by atoms with Crippen molar-refractivity contribution in [1.82, 2.24) is 10.2 Å². The monoisotopic (exact) mass is 583 g/mol. The molecule has 214 valence electrons. The molecule has 0 aliphatic heterocycles. The predicted octanol–water partition coefficient (Wildman–Crippen LogP) is 5.14. The molecule has 0 saturated heterocycles. The summed E-state index contributed by atoms with van der Waals surface area (Å²) in [6, 6.07) is 21.1. The third kappa shape index (κ3) is 8.57. The van der Waals surface area contributed by atoms with Gasteiger partial charge in [0.2, 0.25) is 21.8 Å². The van der Waals surface area contributed by atoms with Crippen molar-refractivity contribution in [3.8, 4) is 0 Å². The molecule has 0 fully saturated rings. The number of hydrogen-bond acceptors (Lipinski definition) is 4. The minimum absolute atomic E-state index is 0.0797. The number of benzene rings is 3. The van der Waals surface area contributed by atoms with Gasteiger partial charge in [0.1, 0.15) is 12.6 Å².